The number of Topliss-reactive ketones (excluding diaryl/α,β-unsaturated/α-hetero) is 1. The number of anilines is 1. The Labute approximate surface area is 234 Å². The van der Waals surface area contributed by atoms with Gasteiger partial charge in [-0.3, -0.25) is 14.4 Å². The molecule has 1 aliphatic rings. The molecule has 210 valence electrons. The van der Waals surface area contributed by atoms with Crippen molar-refractivity contribution in [1.29, 1.82) is 0 Å². The van der Waals surface area contributed by atoms with Crippen molar-refractivity contribution in [3.63, 3.8) is 0 Å². The third-order valence-corrected chi connectivity index (χ3v) is 6.96. The Kier molecular flexibility index (Phi) is 7.72. The van der Waals surface area contributed by atoms with Gasteiger partial charge < -0.3 is 25.3 Å². The van der Waals surface area contributed by atoms with E-state index in [0.29, 0.717) is 27.7 Å². The minimum absolute atomic E-state index is 0.0142. The molecule has 41 heavy (non-hydrogen) atoms. The summed E-state index contributed by atoms with van der Waals surface area (Å²) >= 11 is 0. The van der Waals surface area contributed by atoms with Gasteiger partial charge in [0.1, 0.15) is 25.4 Å². The lowest BCUT2D eigenvalue weighted by Gasteiger charge is -2.24. The van der Waals surface area contributed by atoms with E-state index < -0.39 is 30.1 Å². The molecule has 4 aromatic rings. The Balaban J connectivity index is 1.33. The SMILES string of the molecule is CC(=O)c1cn(CC(=O)N2C[C@H](F)C[C@H]2C(=O)Nc2ccc(COC(N)=O)cc2)c2ccc(-c3ccnnc3)cc12. The van der Waals surface area contributed by atoms with Crippen LogP contribution in [0.1, 0.15) is 29.3 Å². The lowest BCUT2D eigenvalue weighted by atomic mass is 10.0. The molecule has 1 aliphatic heterocycles. The highest BCUT2D eigenvalue weighted by Gasteiger charge is 2.40. The molecular weight excluding hydrogens is 531 g/mol. The zero-order chi connectivity index (χ0) is 29.1. The van der Waals surface area contributed by atoms with E-state index in [1.165, 1.54) is 11.8 Å². The topological polar surface area (TPSA) is 150 Å². The van der Waals surface area contributed by atoms with E-state index in [2.05, 4.69) is 15.5 Å². The van der Waals surface area contributed by atoms with Gasteiger partial charge in [0.2, 0.25) is 11.8 Å². The second-order valence-corrected chi connectivity index (χ2v) is 9.78. The van der Waals surface area contributed by atoms with Gasteiger partial charge in [-0.05, 0) is 48.4 Å². The average Bonchev–Trinajstić information content (AvgIpc) is 3.53. The fraction of sp³-hybridized carbons (Fsp3) is 0.241. The Morgan fingerprint density at radius 2 is 1.85 bits per heavy atom. The number of amides is 3. The monoisotopic (exact) mass is 558 g/mol. The van der Waals surface area contributed by atoms with Gasteiger partial charge in [-0.2, -0.15) is 10.2 Å². The number of nitrogens with two attached hydrogens (primary N) is 1. The predicted octanol–water partition coefficient (Wildman–Crippen LogP) is 3.47. The molecule has 11 nitrogen and oxygen atoms in total. The van der Waals surface area contributed by atoms with Gasteiger partial charge in [-0.15, -0.1) is 0 Å². The standard InChI is InChI=1S/C29H27FN6O5/c1-17(37)24-14-35(25-7-4-19(10-23(24)25)20-8-9-32-33-12-20)15-27(38)36-13-21(30)11-26(36)28(39)34-22-5-2-18(3-6-22)16-41-29(31)40/h2-10,12,14,21,26H,11,13,15-16H2,1H3,(H2,31,40)(H,34,39)/t21-,26+/m1/s1. The van der Waals surface area contributed by atoms with Crippen LogP contribution in [0.2, 0.25) is 0 Å². The summed E-state index contributed by atoms with van der Waals surface area (Å²) in [6.45, 7) is 1.05. The Morgan fingerprint density at radius 1 is 1.07 bits per heavy atom. The van der Waals surface area contributed by atoms with Crippen molar-refractivity contribution in [2.24, 2.45) is 5.73 Å². The molecule has 0 spiro atoms. The lowest BCUT2D eigenvalue weighted by molar-refractivity contribution is -0.137. The molecule has 2 aromatic heterocycles. The Morgan fingerprint density at radius 3 is 2.54 bits per heavy atom. The summed E-state index contributed by atoms with van der Waals surface area (Å²) in [6, 6.07) is 12.8. The Bertz CT molecular complexity index is 1620. The van der Waals surface area contributed by atoms with Crippen molar-refractivity contribution in [1.82, 2.24) is 19.7 Å². The number of aromatic nitrogens is 3. The van der Waals surface area contributed by atoms with Gasteiger partial charge in [0, 0.05) is 40.3 Å². The van der Waals surface area contributed by atoms with Crippen LogP contribution in [0.5, 0.6) is 0 Å². The first-order valence-corrected chi connectivity index (χ1v) is 12.9. The first-order chi connectivity index (χ1) is 19.7. The average molecular weight is 559 g/mol. The third kappa shape index (κ3) is 6.06. The molecule has 3 amide bonds. The van der Waals surface area contributed by atoms with Crippen molar-refractivity contribution < 1.29 is 28.3 Å². The molecule has 0 unspecified atom stereocenters. The second kappa shape index (κ2) is 11.5. The number of nitrogens with zero attached hydrogens (tertiary/aromatic N) is 4. The number of likely N-dealkylation sites (tertiary alicyclic amines) is 1. The van der Waals surface area contributed by atoms with E-state index in [-0.39, 0.29) is 31.9 Å². The zero-order valence-corrected chi connectivity index (χ0v) is 22.1. The minimum atomic E-state index is -1.35. The van der Waals surface area contributed by atoms with Crippen molar-refractivity contribution in [2.45, 2.75) is 38.7 Å². The predicted molar refractivity (Wildman–Crippen MR) is 147 cm³/mol. The van der Waals surface area contributed by atoms with E-state index in [9.17, 15) is 23.6 Å². The highest BCUT2D eigenvalue weighted by Crippen LogP contribution is 2.29. The molecule has 0 radical (unpaired) electrons. The number of benzene rings is 2. The zero-order valence-electron chi connectivity index (χ0n) is 22.1. The molecule has 3 N–H and O–H groups in total. The summed E-state index contributed by atoms with van der Waals surface area (Å²) in [5, 5.41) is 11.1. The van der Waals surface area contributed by atoms with E-state index in [4.69, 9.17) is 10.5 Å². The first kappa shape index (κ1) is 27.4. The number of primary amides is 1. The van der Waals surface area contributed by atoms with Crippen LogP contribution in [0, 0.1) is 0 Å². The summed E-state index contributed by atoms with van der Waals surface area (Å²) in [5.41, 5.74) is 8.84. The maximum atomic E-state index is 14.5. The number of carbonyl (C=O) groups excluding carboxylic acids is 4. The lowest BCUT2D eigenvalue weighted by Crippen LogP contribution is -2.44. The van der Waals surface area contributed by atoms with Crippen molar-refractivity contribution in [3.8, 4) is 11.1 Å². The molecule has 0 aliphatic carbocycles. The maximum Gasteiger partial charge on any atom is 0.404 e. The van der Waals surface area contributed by atoms with Crippen LogP contribution >= 0.6 is 0 Å². The molecule has 2 aromatic carbocycles. The normalized spacial score (nSPS) is 16.5. The smallest absolute Gasteiger partial charge is 0.404 e. The van der Waals surface area contributed by atoms with Gasteiger partial charge in [0.25, 0.3) is 0 Å². The molecule has 2 atom stereocenters. The highest BCUT2D eigenvalue weighted by atomic mass is 19.1. The maximum absolute atomic E-state index is 14.5. The molecule has 5 rings (SSSR count). The van der Waals surface area contributed by atoms with Gasteiger partial charge in [-0.1, -0.05) is 18.2 Å². The molecule has 3 heterocycles. The molecule has 1 saturated heterocycles. The van der Waals surface area contributed by atoms with E-state index >= 15 is 0 Å². The van der Waals surface area contributed by atoms with Gasteiger partial charge in [-0.25, -0.2) is 9.18 Å². The van der Waals surface area contributed by atoms with Crippen LogP contribution in [0.15, 0.2) is 67.1 Å². The third-order valence-electron chi connectivity index (χ3n) is 6.96. The number of fused-ring (bicyclic) bond motifs is 1. The summed E-state index contributed by atoms with van der Waals surface area (Å²) in [7, 11) is 0. The fourth-order valence-corrected chi connectivity index (χ4v) is 4.96. The number of hydrogen-bond donors (Lipinski definition) is 2. The number of ether oxygens (including phenoxy) is 1. The van der Waals surface area contributed by atoms with Crippen molar-refractivity contribution >= 4 is 40.3 Å². The number of halogens is 1. The quantitative estimate of drug-likeness (QED) is 0.315. The molecule has 0 bridgehead atoms. The Hall–Kier alpha value is -5.13. The van der Waals surface area contributed by atoms with E-state index in [0.717, 1.165) is 11.1 Å². The van der Waals surface area contributed by atoms with Gasteiger partial charge in [0.05, 0.1) is 18.9 Å². The van der Waals surface area contributed by atoms with Crippen LogP contribution in [0.25, 0.3) is 22.0 Å². The van der Waals surface area contributed by atoms with E-state index in [1.807, 2.05) is 18.2 Å². The summed E-state index contributed by atoms with van der Waals surface area (Å²) in [6.07, 6.45) is 2.43. The second-order valence-electron chi connectivity index (χ2n) is 9.78. The number of nitrogens with one attached hydrogen (secondary N) is 1. The molecule has 0 saturated carbocycles. The first-order valence-electron chi connectivity index (χ1n) is 12.9. The molecule has 12 heteroatoms. The fourth-order valence-electron chi connectivity index (χ4n) is 4.96. The molecule has 1 fully saturated rings. The number of alkyl halides is 1. The van der Waals surface area contributed by atoms with E-state index in [1.54, 1.807) is 53.5 Å². The largest absolute Gasteiger partial charge is 0.445 e. The summed E-state index contributed by atoms with van der Waals surface area (Å²) in [4.78, 5) is 51.0. The number of carbonyl (C=O) groups is 4. The summed E-state index contributed by atoms with van der Waals surface area (Å²) < 4.78 is 20.9. The van der Waals surface area contributed by atoms with Crippen LogP contribution in [0.4, 0.5) is 14.9 Å². The van der Waals surface area contributed by atoms with Crippen molar-refractivity contribution in [3.05, 3.63) is 78.2 Å². The van der Waals surface area contributed by atoms with Crippen molar-refractivity contribution in [2.75, 3.05) is 11.9 Å². The number of hydrogen-bond acceptors (Lipinski definition) is 7. The number of rotatable bonds is 8. The minimum Gasteiger partial charge on any atom is -0.445 e. The van der Waals surface area contributed by atoms with Crippen LogP contribution in [-0.2, 0) is 27.5 Å². The molecular formula is C29H27FN6O5. The van der Waals surface area contributed by atoms with Crippen LogP contribution < -0.4 is 11.1 Å². The van der Waals surface area contributed by atoms with Gasteiger partial charge >= 0.3 is 6.09 Å². The number of ketones is 1. The highest BCUT2D eigenvalue weighted by molar-refractivity contribution is 6.08. The van der Waals surface area contributed by atoms with Crippen LogP contribution in [0.3, 0.4) is 0 Å². The van der Waals surface area contributed by atoms with Crippen LogP contribution in [-0.4, -0.2) is 62.1 Å². The van der Waals surface area contributed by atoms with Gasteiger partial charge in [0.15, 0.2) is 5.78 Å². The summed E-state index contributed by atoms with van der Waals surface area (Å²) in [5.74, 6) is -1.13.